The van der Waals surface area contributed by atoms with Crippen LogP contribution in [-0.4, -0.2) is 30.4 Å². The number of hydrogen-bond donors (Lipinski definition) is 2. The van der Waals surface area contributed by atoms with Crippen LogP contribution < -0.4 is 10.6 Å². The highest BCUT2D eigenvalue weighted by Crippen LogP contribution is 2.19. The van der Waals surface area contributed by atoms with Crippen LogP contribution in [0, 0.1) is 6.92 Å². The van der Waals surface area contributed by atoms with Crippen LogP contribution in [0.15, 0.2) is 22.6 Å². The maximum absolute atomic E-state index is 5.40. The molecule has 2 aromatic rings. The Bertz CT molecular complexity index is 553. The summed E-state index contributed by atoms with van der Waals surface area (Å²) in [6.45, 7) is 3.11. The summed E-state index contributed by atoms with van der Waals surface area (Å²) in [7, 11) is 1.65. The van der Waals surface area contributed by atoms with Gasteiger partial charge in [-0.25, -0.2) is 4.98 Å². The van der Waals surface area contributed by atoms with E-state index in [4.69, 9.17) is 21.4 Å². The summed E-state index contributed by atoms with van der Waals surface area (Å²) >= 11 is 5.16. The number of nitrogens with zero attached hydrogens (tertiary/aromatic N) is 1. The summed E-state index contributed by atoms with van der Waals surface area (Å²) in [6.07, 6.45) is 0. The largest absolute Gasteiger partial charge is 0.441 e. The lowest BCUT2D eigenvalue weighted by Gasteiger charge is -2.09. The van der Waals surface area contributed by atoms with Gasteiger partial charge >= 0.3 is 0 Å². The van der Waals surface area contributed by atoms with Gasteiger partial charge in [0, 0.05) is 26.3 Å². The SMILES string of the molecule is COCCNC(=S)Nc1ccc2oc(C)nc2c1. The van der Waals surface area contributed by atoms with Crippen LogP contribution in [0.1, 0.15) is 5.89 Å². The zero-order valence-electron chi connectivity index (χ0n) is 10.3. The quantitative estimate of drug-likeness (QED) is 0.652. The van der Waals surface area contributed by atoms with E-state index >= 15 is 0 Å². The Morgan fingerprint density at radius 2 is 2.33 bits per heavy atom. The van der Waals surface area contributed by atoms with Gasteiger partial charge in [-0.2, -0.15) is 0 Å². The van der Waals surface area contributed by atoms with E-state index in [1.54, 1.807) is 7.11 Å². The van der Waals surface area contributed by atoms with Crippen molar-refractivity contribution in [1.82, 2.24) is 10.3 Å². The Labute approximate surface area is 111 Å². The minimum absolute atomic E-state index is 0.562. The standard InChI is InChI=1S/C12H15N3O2S/c1-8-14-10-7-9(3-4-11(10)17-8)15-12(18)13-5-6-16-2/h3-4,7H,5-6H2,1-2H3,(H2,13,15,18). The maximum atomic E-state index is 5.40. The molecule has 0 spiro atoms. The molecule has 0 unspecified atom stereocenters. The number of fused-ring (bicyclic) bond motifs is 1. The van der Waals surface area contributed by atoms with Crippen molar-refractivity contribution in [3.05, 3.63) is 24.1 Å². The lowest BCUT2D eigenvalue weighted by Crippen LogP contribution is -2.31. The van der Waals surface area contributed by atoms with Crippen molar-refractivity contribution in [2.24, 2.45) is 0 Å². The predicted molar refractivity (Wildman–Crippen MR) is 74.8 cm³/mol. The molecule has 1 aromatic carbocycles. The number of aromatic nitrogens is 1. The third-order valence-corrected chi connectivity index (χ3v) is 2.59. The highest BCUT2D eigenvalue weighted by atomic mass is 32.1. The van der Waals surface area contributed by atoms with Crippen LogP contribution in [0.4, 0.5) is 5.69 Å². The van der Waals surface area contributed by atoms with E-state index in [0.29, 0.717) is 24.2 Å². The number of ether oxygens (including phenoxy) is 1. The summed E-state index contributed by atoms with van der Waals surface area (Å²) in [4.78, 5) is 4.27. The third kappa shape index (κ3) is 3.18. The first-order valence-corrected chi connectivity index (χ1v) is 6.01. The molecule has 2 N–H and O–H groups in total. The Hall–Kier alpha value is -1.66. The van der Waals surface area contributed by atoms with E-state index in [-0.39, 0.29) is 0 Å². The third-order valence-electron chi connectivity index (χ3n) is 2.34. The number of benzene rings is 1. The summed E-state index contributed by atoms with van der Waals surface area (Å²) in [5.41, 5.74) is 2.47. The average molecular weight is 265 g/mol. The van der Waals surface area contributed by atoms with Crippen LogP contribution in [0.3, 0.4) is 0 Å². The topological polar surface area (TPSA) is 59.3 Å². The van der Waals surface area contributed by atoms with Gasteiger partial charge in [-0.05, 0) is 30.4 Å². The molecular formula is C12H15N3O2S. The molecule has 0 aliphatic carbocycles. The number of oxazole rings is 1. The molecule has 6 heteroatoms. The highest BCUT2D eigenvalue weighted by Gasteiger charge is 2.04. The van der Waals surface area contributed by atoms with Crippen molar-refractivity contribution in [2.75, 3.05) is 25.6 Å². The van der Waals surface area contributed by atoms with Crippen LogP contribution in [0.5, 0.6) is 0 Å². The first-order valence-electron chi connectivity index (χ1n) is 5.60. The van der Waals surface area contributed by atoms with Gasteiger partial charge in [0.15, 0.2) is 16.6 Å². The molecule has 0 aliphatic heterocycles. The Morgan fingerprint density at radius 3 is 3.11 bits per heavy atom. The molecule has 0 bridgehead atoms. The van der Waals surface area contributed by atoms with Gasteiger partial charge in [-0.3, -0.25) is 0 Å². The number of hydrogen-bond acceptors (Lipinski definition) is 4. The molecule has 0 radical (unpaired) electrons. The Morgan fingerprint density at radius 1 is 1.50 bits per heavy atom. The van der Waals surface area contributed by atoms with Gasteiger partial charge in [0.25, 0.3) is 0 Å². The van der Waals surface area contributed by atoms with E-state index in [2.05, 4.69) is 15.6 Å². The van der Waals surface area contributed by atoms with Crippen LogP contribution in [0.2, 0.25) is 0 Å². The van der Waals surface area contributed by atoms with Gasteiger partial charge in [0.05, 0.1) is 6.61 Å². The first-order chi connectivity index (χ1) is 8.69. The molecule has 0 saturated heterocycles. The Kier molecular flexibility index (Phi) is 4.11. The predicted octanol–water partition coefficient (Wildman–Crippen LogP) is 2.07. The molecule has 0 atom stereocenters. The molecule has 18 heavy (non-hydrogen) atoms. The minimum Gasteiger partial charge on any atom is -0.441 e. The highest BCUT2D eigenvalue weighted by molar-refractivity contribution is 7.80. The molecule has 5 nitrogen and oxygen atoms in total. The molecule has 1 heterocycles. The van der Waals surface area contributed by atoms with Crippen LogP contribution in [-0.2, 0) is 4.74 Å². The molecule has 2 rings (SSSR count). The smallest absolute Gasteiger partial charge is 0.192 e. The summed E-state index contributed by atoms with van der Waals surface area (Å²) < 4.78 is 10.3. The van der Waals surface area contributed by atoms with E-state index in [1.165, 1.54) is 0 Å². The lowest BCUT2D eigenvalue weighted by atomic mass is 10.3. The van der Waals surface area contributed by atoms with Crippen molar-refractivity contribution in [3.8, 4) is 0 Å². The van der Waals surface area contributed by atoms with Crippen molar-refractivity contribution < 1.29 is 9.15 Å². The normalized spacial score (nSPS) is 10.6. The molecule has 0 fully saturated rings. The fourth-order valence-electron chi connectivity index (χ4n) is 1.56. The number of aryl methyl sites for hydroxylation is 1. The van der Waals surface area contributed by atoms with Crippen LogP contribution >= 0.6 is 12.2 Å². The monoisotopic (exact) mass is 265 g/mol. The first kappa shape index (κ1) is 12.8. The Balaban J connectivity index is 2.00. The summed E-state index contributed by atoms with van der Waals surface area (Å²) in [6, 6.07) is 5.67. The number of thiocarbonyl (C=S) groups is 1. The maximum Gasteiger partial charge on any atom is 0.192 e. The van der Waals surface area contributed by atoms with Crippen molar-refractivity contribution in [1.29, 1.82) is 0 Å². The van der Waals surface area contributed by atoms with Gasteiger partial charge in [-0.15, -0.1) is 0 Å². The molecule has 96 valence electrons. The molecule has 1 aromatic heterocycles. The van der Waals surface area contributed by atoms with Gasteiger partial charge in [0.1, 0.15) is 5.52 Å². The van der Waals surface area contributed by atoms with Crippen molar-refractivity contribution in [2.45, 2.75) is 6.92 Å². The fraction of sp³-hybridized carbons (Fsp3) is 0.333. The second-order valence-corrected chi connectivity index (χ2v) is 4.20. The zero-order chi connectivity index (χ0) is 13.0. The number of nitrogens with one attached hydrogen (secondary N) is 2. The molecule has 0 saturated carbocycles. The average Bonchev–Trinajstić information content (AvgIpc) is 2.69. The summed E-state index contributed by atoms with van der Waals surface area (Å²) in [5, 5.41) is 6.68. The van der Waals surface area contributed by atoms with Crippen molar-refractivity contribution >= 4 is 34.1 Å². The van der Waals surface area contributed by atoms with Gasteiger partial charge < -0.3 is 19.8 Å². The summed E-state index contributed by atoms with van der Waals surface area (Å²) in [5.74, 6) is 0.656. The van der Waals surface area contributed by atoms with E-state index in [1.807, 2.05) is 25.1 Å². The molecule has 0 amide bonds. The van der Waals surface area contributed by atoms with Crippen LogP contribution in [0.25, 0.3) is 11.1 Å². The van der Waals surface area contributed by atoms with Gasteiger partial charge in [-0.1, -0.05) is 0 Å². The lowest BCUT2D eigenvalue weighted by molar-refractivity contribution is 0.204. The molecular weight excluding hydrogens is 250 g/mol. The molecule has 0 aliphatic rings. The van der Waals surface area contributed by atoms with E-state index in [0.717, 1.165) is 16.8 Å². The van der Waals surface area contributed by atoms with E-state index in [9.17, 15) is 0 Å². The van der Waals surface area contributed by atoms with Crippen molar-refractivity contribution in [3.63, 3.8) is 0 Å². The second kappa shape index (κ2) is 5.79. The second-order valence-electron chi connectivity index (χ2n) is 3.79. The fourth-order valence-corrected chi connectivity index (χ4v) is 1.78. The number of anilines is 1. The minimum atomic E-state index is 0.562. The van der Waals surface area contributed by atoms with E-state index < -0.39 is 0 Å². The number of rotatable bonds is 4. The zero-order valence-corrected chi connectivity index (χ0v) is 11.1. The number of methoxy groups -OCH3 is 1. The van der Waals surface area contributed by atoms with Gasteiger partial charge in [0.2, 0.25) is 0 Å².